The Morgan fingerprint density at radius 3 is 2.65 bits per heavy atom. The summed E-state index contributed by atoms with van der Waals surface area (Å²) < 4.78 is 5.33. The van der Waals surface area contributed by atoms with E-state index in [0.717, 1.165) is 6.54 Å². The molecule has 1 saturated heterocycles. The normalized spacial score (nSPS) is 18.0. The van der Waals surface area contributed by atoms with Crippen LogP contribution in [0.3, 0.4) is 0 Å². The zero-order valence-corrected chi connectivity index (χ0v) is 12.8. The van der Waals surface area contributed by atoms with Crippen molar-refractivity contribution in [1.82, 2.24) is 5.32 Å². The molecule has 1 aliphatic heterocycles. The van der Waals surface area contributed by atoms with Crippen molar-refractivity contribution in [3.05, 3.63) is 29.3 Å². The van der Waals surface area contributed by atoms with Crippen molar-refractivity contribution >= 4 is 5.69 Å². The molecule has 0 saturated carbocycles. The van der Waals surface area contributed by atoms with E-state index in [9.17, 15) is 5.11 Å². The molecule has 2 rings (SSSR count). The number of hydrogen-bond donors (Lipinski definition) is 2. The van der Waals surface area contributed by atoms with Crippen LogP contribution in [0.25, 0.3) is 0 Å². The van der Waals surface area contributed by atoms with Gasteiger partial charge in [0.25, 0.3) is 0 Å². The van der Waals surface area contributed by atoms with Crippen LogP contribution < -0.4 is 10.2 Å². The van der Waals surface area contributed by atoms with Crippen LogP contribution in [0.4, 0.5) is 5.69 Å². The molecule has 0 aromatic heterocycles. The van der Waals surface area contributed by atoms with Crippen LogP contribution in [-0.2, 0) is 11.3 Å². The van der Waals surface area contributed by atoms with Crippen molar-refractivity contribution in [2.75, 3.05) is 38.8 Å². The molecule has 0 aliphatic carbocycles. The SMILES string of the molecule is CNCc1ccc(N(C)CC2(O)CCOCC2)c(C)c1. The largest absolute Gasteiger partial charge is 0.388 e. The first-order chi connectivity index (χ1) is 9.54. The number of hydrogen-bond acceptors (Lipinski definition) is 4. The number of rotatable bonds is 5. The van der Waals surface area contributed by atoms with Gasteiger partial charge in [-0.2, -0.15) is 0 Å². The van der Waals surface area contributed by atoms with Gasteiger partial charge in [0.05, 0.1) is 5.60 Å². The summed E-state index contributed by atoms with van der Waals surface area (Å²) in [5.74, 6) is 0. The summed E-state index contributed by atoms with van der Waals surface area (Å²) in [5, 5.41) is 13.8. The minimum atomic E-state index is -0.622. The number of nitrogens with one attached hydrogen (secondary N) is 1. The minimum absolute atomic E-state index is 0.622. The zero-order valence-electron chi connectivity index (χ0n) is 12.8. The van der Waals surface area contributed by atoms with Crippen LogP contribution in [0.15, 0.2) is 18.2 Å². The third-order valence-electron chi connectivity index (χ3n) is 4.01. The van der Waals surface area contributed by atoms with Gasteiger partial charge in [0.2, 0.25) is 0 Å². The van der Waals surface area contributed by atoms with Gasteiger partial charge in [-0.15, -0.1) is 0 Å². The molecular weight excluding hydrogens is 252 g/mol. The molecule has 0 unspecified atom stereocenters. The average Bonchev–Trinajstić information content (AvgIpc) is 2.39. The summed E-state index contributed by atoms with van der Waals surface area (Å²) in [6.07, 6.45) is 1.43. The minimum Gasteiger partial charge on any atom is -0.388 e. The molecule has 112 valence electrons. The second-order valence-corrected chi connectivity index (χ2v) is 5.84. The van der Waals surface area contributed by atoms with Gasteiger partial charge in [0.15, 0.2) is 0 Å². The molecule has 1 aliphatic rings. The number of nitrogens with zero attached hydrogens (tertiary/aromatic N) is 1. The van der Waals surface area contributed by atoms with Gasteiger partial charge in [0, 0.05) is 51.9 Å². The Balaban J connectivity index is 2.06. The van der Waals surface area contributed by atoms with Crippen LogP contribution >= 0.6 is 0 Å². The quantitative estimate of drug-likeness (QED) is 0.860. The van der Waals surface area contributed by atoms with E-state index < -0.39 is 5.60 Å². The maximum Gasteiger partial charge on any atom is 0.0865 e. The summed E-state index contributed by atoms with van der Waals surface area (Å²) >= 11 is 0. The van der Waals surface area contributed by atoms with Gasteiger partial charge in [0.1, 0.15) is 0 Å². The predicted molar refractivity (Wildman–Crippen MR) is 82.2 cm³/mol. The van der Waals surface area contributed by atoms with Crippen molar-refractivity contribution in [3.8, 4) is 0 Å². The van der Waals surface area contributed by atoms with E-state index >= 15 is 0 Å². The number of anilines is 1. The highest BCUT2D eigenvalue weighted by molar-refractivity contribution is 5.54. The summed E-state index contributed by atoms with van der Waals surface area (Å²) in [7, 11) is 4.00. The molecule has 0 amide bonds. The second kappa shape index (κ2) is 6.57. The fourth-order valence-electron chi connectivity index (χ4n) is 2.90. The molecule has 1 aromatic carbocycles. The Hall–Kier alpha value is -1.10. The smallest absolute Gasteiger partial charge is 0.0865 e. The summed E-state index contributed by atoms with van der Waals surface area (Å²) in [6.45, 7) is 4.97. The number of aryl methyl sites for hydroxylation is 1. The van der Waals surface area contributed by atoms with Gasteiger partial charge >= 0.3 is 0 Å². The Morgan fingerprint density at radius 1 is 1.35 bits per heavy atom. The molecular formula is C16H26N2O2. The van der Waals surface area contributed by atoms with Crippen molar-refractivity contribution < 1.29 is 9.84 Å². The molecule has 4 nitrogen and oxygen atoms in total. The number of benzene rings is 1. The van der Waals surface area contributed by atoms with Gasteiger partial charge in [-0.1, -0.05) is 12.1 Å². The molecule has 2 N–H and O–H groups in total. The molecule has 1 aromatic rings. The van der Waals surface area contributed by atoms with Gasteiger partial charge < -0.3 is 20.1 Å². The van der Waals surface area contributed by atoms with E-state index in [4.69, 9.17) is 4.74 Å². The molecule has 20 heavy (non-hydrogen) atoms. The lowest BCUT2D eigenvalue weighted by molar-refractivity contribution is -0.0572. The summed E-state index contributed by atoms with van der Waals surface area (Å²) in [4.78, 5) is 2.16. The molecule has 0 spiro atoms. The third kappa shape index (κ3) is 3.72. The summed E-state index contributed by atoms with van der Waals surface area (Å²) in [5.41, 5.74) is 3.09. The first-order valence-electron chi connectivity index (χ1n) is 7.29. The fraction of sp³-hybridized carbons (Fsp3) is 0.625. The lowest BCUT2D eigenvalue weighted by Gasteiger charge is -2.36. The maximum atomic E-state index is 10.6. The third-order valence-corrected chi connectivity index (χ3v) is 4.01. The highest BCUT2D eigenvalue weighted by Gasteiger charge is 2.31. The second-order valence-electron chi connectivity index (χ2n) is 5.84. The van der Waals surface area contributed by atoms with E-state index in [1.54, 1.807) is 0 Å². The lowest BCUT2D eigenvalue weighted by Crippen LogP contribution is -2.45. The van der Waals surface area contributed by atoms with E-state index in [1.807, 2.05) is 14.1 Å². The van der Waals surface area contributed by atoms with Crippen LogP contribution in [-0.4, -0.2) is 44.6 Å². The van der Waals surface area contributed by atoms with E-state index in [1.165, 1.54) is 16.8 Å². The number of likely N-dealkylation sites (N-methyl/N-ethyl adjacent to an activating group) is 1. The Morgan fingerprint density at radius 2 is 2.05 bits per heavy atom. The Kier molecular flexibility index (Phi) is 5.02. The zero-order chi connectivity index (χ0) is 14.6. The fourth-order valence-corrected chi connectivity index (χ4v) is 2.90. The molecule has 1 heterocycles. The van der Waals surface area contributed by atoms with Gasteiger partial charge in [-0.3, -0.25) is 0 Å². The molecule has 0 radical (unpaired) electrons. The predicted octanol–water partition coefficient (Wildman–Crippen LogP) is 1.69. The monoisotopic (exact) mass is 278 g/mol. The molecule has 1 fully saturated rings. The van der Waals surface area contributed by atoms with Crippen LogP contribution in [0, 0.1) is 6.92 Å². The van der Waals surface area contributed by atoms with E-state index in [0.29, 0.717) is 32.6 Å². The van der Waals surface area contributed by atoms with Crippen LogP contribution in [0.2, 0.25) is 0 Å². The average molecular weight is 278 g/mol. The van der Waals surface area contributed by atoms with Crippen LogP contribution in [0.1, 0.15) is 24.0 Å². The maximum absolute atomic E-state index is 10.6. The molecule has 4 heteroatoms. The first-order valence-corrected chi connectivity index (χ1v) is 7.29. The van der Waals surface area contributed by atoms with Crippen molar-refractivity contribution in [2.45, 2.75) is 31.9 Å². The highest BCUT2D eigenvalue weighted by Crippen LogP contribution is 2.26. The topological polar surface area (TPSA) is 44.7 Å². The lowest BCUT2D eigenvalue weighted by atomic mass is 9.93. The molecule has 0 bridgehead atoms. The summed E-state index contributed by atoms with van der Waals surface area (Å²) in [6, 6.07) is 6.49. The Bertz CT molecular complexity index is 442. The number of ether oxygens (including phenoxy) is 1. The standard InChI is InChI=1S/C16H26N2O2/c1-13-10-14(11-17-2)4-5-15(13)18(3)12-16(19)6-8-20-9-7-16/h4-5,10,17,19H,6-9,11-12H2,1-3H3. The molecule has 0 atom stereocenters. The first kappa shape index (κ1) is 15.3. The van der Waals surface area contributed by atoms with Crippen LogP contribution in [0.5, 0.6) is 0 Å². The van der Waals surface area contributed by atoms with Gasteiger partial charge in [-0.25, -0.2) is 0 Å². The van der Waals surface area contributed by atoms with E-state index in [2.05, 4.69) is 35.3 Å². The number of aliphatic hydroxyl groups is 1. The van der Waals surface area contributed by atoms with Crippen molar-refractivity contribution in [3.63, 3.8) is 0 Å². The van der Waals surface area contributed by atoms with Crippen molar-refractivity contribution in [1.29, 1.82) is 0 Å². The van der Waals surface area contributed by atoms with Gasteiger partial charge in [-0.05, 0) is 31.2 Å². The van der Waals surface area contributed by atoms with Crippen molar-refractivity contribution in [2.24, 2.45) is 0 Å². The highest BCUT2D eigenvalue weighted by atomic mass is 16.5. The Labute approximate surface area is 121 Å². The van der Waals surface area contributed by atoms with E-state index in [-0.39, 0.29) is 0 Å².